The van der Waals surface area contributed by atoms with E-state index in [-0.39, 0.29) is 33.8 Å². The van der Waals surface area contributed by atoms with Gasteiger partial charge in [0.05, 0.1) is 20.8 Å². The van der Waals surface area contributed by atoms with Crippen molar-refractivity contribution in [3.8, 4) is 40.1 Å². The number of benzene rings is 2. The number of phenolic OH excluding ortho intramolecular Hbond substituents is 1. The van der Waals surface area contributed by atoms with Gasteiger partial charge in [0.1, 0.15) is 24.6 Å². The standard InChI is InChI=1S/C23H27O10P/c1-4-5-6-7-10-31-23-21-16(25)12-18(32-19(21)13-20(29-2)22(23)30-3)14-8-9-17(15(24)11-14)33-34(26,27)28/h8-9,11-13,24H,4-7,10H2,1-3H3,(H2,26,27,28)/p-2. The molecule has 0 aliphatic rings. The van der Waals surface area contributed by atoms with Gasteiger partial charge in [-0.3, -0.25) is 4.79 Å². The maximum atomic E-state index is 13.1. The number of rotatable bonds is 11. The van der Waals surface area contributed by atoms with Crippen LogP contribution in [0.4, 0.5) is 0 Å². The van der Waals surface area contributed by atoms with Crippen LogP contribution in [0.2, 0.25) is 0 Å². The lowest BCUT2D eigenvalue weighted by Gasteiger charge is -2.29. The lowest BCUT2D eigenvalue weighted by Crippen LogP contribution is -2.18. The van der Waals surface area contributed by atoms with E-state index in [1.54, 1.807) is 0 Å². The third-order valence-corrected chi connectivity index (χ3v) is 5.44. The number of aromatic hydroxyl groups is 1. The summed E-state index contributed by atoms with van der Waals surface area (Å²) in [6.07, 6.45) is 3.93. The lowest BCUT2D eigenvalue weighted by molar-refractivity contribution is -0.333. The summed E-state index contributed by atoms with van der Waals surface area (Å²) in [7, 11) is -2.47. The van der Waals surface area contributed by atoms with Crippen LogP contribution in [-0.4, -0.2) is 25.9 Å². The molecule has 11 heteroatoms. The fraction of sp³-hybridized carbons (Fsp3) is 0.348. The van der Waals surface area contributed by atoms with Crippen LogP contribution < -0.4 is 33.9 Å². The molecular formula is C23H25O10P-2. The van der Waals surface area contributed by atoms with Gasteiger partial charge in [0.25, 0.3) is 0 Å². The van der Waals surface area contributed by atoms with Crippen molar-refractivity contribution in [1.29, 1.82) is 0 Å². The SMILES string of the molecule is CCCCCCOc1c(OC)c(OC)cc2oc(-c3ccc(OP(=O)([O-])[O-])c(O)c3)cc(=O)c12. The number of hydrogen-bond acceptors (Lipinski definition) is 10. The van der Waals surface area contributed by atoms with Crippen LogP contribution in [0.5, 0.6) is 28.7 Å². The maximum Gasteiger partial charge on any atom is 0.204 e. The second-order valence-electron chi connectivity index (χ2n) is 7.42. The zero-order valence-corrected chi connectivity index (χ0v) is 19.9. The summed E-state index contributed by atoms with van der Waals surface area (Å²) in [5.41, 5.74) is -0.0244. The second-order valence-corrected chi connectivity index (χ2v) is 8.50. The van der Waals surface area contributed by atoms with Crippen LogP contribution in [-0.2, 0) is 4.57 Å². The Balaban J connectivity index is 2.07. The van der Waals surface area contributed by atoms with Gasteiger partial charge in [-0.15, -0.1) is 0 Å². The Morgan fingerprint density at radius 2 is 1.76 bits per heavy atom. The molecule has 10 nitrogen and oxygen atoms in total. The van der Waals surface area contributed by atoms with E-state index in [0.717, 1.165) is 37.8 Å². The van der Waals surface area contributed by atoms with Gasteiger partial charge in [-0.25, -0.2) is 0 Å². The second kappa shape index (κ2) is 10.8. The summed E-state index contributed by atoms with van der Waals surface area (Å²) in [4.78, 5) is 34.7. The topological polar surface area (TPSA) is 151 Å². The van der Waals surface area contributed by atoms with Crippen molar-refractivity contribution in [2.45, 2.75) is 32.6 Å². The van der Waals surface area contributed by atoms with Crippen LogP contribution in [0, 0.1) is 0 Å². The van der Waals surface area contributed by atoms with E-state index in [9.17, 15) is 24.3 Å². The van der Waals surface area contributed by atoms with Crippen molar-refractivity contribution in [1.82, 2.24) is 0 Å². The van der Waals surface area contributed by atoms with Crippen molar-refractivity contribution in [3.05, 3.63) is 40.6 Å². The Kier molecular flexibility index (Phi) is 8.09. The van der Waals surface area contributed by atoms with Crippen LogP contribution in [0.1, 0.15) is 32.6 Å². The molecule has 0 aliphatic carbocycles. The number of phosphoric acid groups is 1. The van der Waals surface area contributed by atoms with E-state index in [1.807, 2.05) is 0 Å². The van der Waals surface area contributed by atoms with Crippen molar-refractivity contribution >= 4 is 18.8 Å². The predicted molar refractivity (Wildman–Crippen MR) is 121 cm³/mol. The maximum absolute atomic E-state index is 13.1. The average Bonchev–Trinajstić information content (AvgIpc) is 2.78. The summed E-state index contributed by atoms with van der Waals surface area (Å²) >= 11 is 0. The lowest BCUT2D eigenvalue weighted by atomic mass is 10.1. The van der Waals surface area contributed by atoms with E-state index < -0.39 is 24.8 Å². The van der Waals surface area contributed by atoms with Crippen LogP contribution >= 0.6 is 7.82 Å². The molecule has 0 fully saturated rings. The van der Waals surface area contributed by atoms with Crippen molar-refractivity contribution < 1.29 is 42.6 Å². The molecule has 2 aromatic carbocycles. The Morgan fingerprint density at radius 3 is 2.38 bits per heavy atom. The molecule has 0 saturated heterocycles. The average molecular weight is 492 g/mol. The van der Waals surface area contributed by atoms with Crippen LogP contribution in [0.3, 0.4) is 0 Å². The summed E-state index contributed by atoms with van der Waals surface area (Å²) in [6, 6.07) is 6.23. The molecule has 0 atom stereocenters. The molecule has 3 rings (SSSR count). The minimum absolute atomic E-state index is 0.0768. The number of phenols is 1. The Morgan fingerprint density at radius 1 is 1.00 bits per heavy atom. The first-order valence-corrected chi connectivity index (χ1v) is 12.0. The zero-order valence-electron chi connectivity index (χ0n) is 19.0. The van der Waals surface area contributed by atoms with Crippen LogP contribution in [0.25, 0.3) is 22.3 Å². The summed E-state index contributed by atoms with van der Waals surface area (Å²) < 4.78 is 37.7. The van der Waals surface area contributed by atoms with Gasteiger partial charge in [0, 0.05) is 17.7 Å². The predicted octanol–water partition coefficient (Wildman–Crippen LogP) is 3.35. The Bertz CT molecular complexity index is 1260. The molecule has 0 bridgehead atoms. The molecule has 0 radical (unpaired) electrons. The number of ether oxygens (including phenoxy) is 3. The molecular weight excluding hydrogens is 467 g/mol. The fourth-order valence-corrected chi connectivity index (χ4v) is 3.84. The van der Waals surface area contributed by atoms with Gasteiger partial charge in [0.15, 0.2) is 28.4 Å². The molecule has 3 aromatic rings. The molecule has 0 unspecified atom stereocenters. The highest BCUT2D eigenvalue weighted by Gasteiger charge is 2.22. The van der Waals surface area contributed by atoms with Gasteiger partial charge in [-0.1, -0.05) is 26.2 Å². The van der Waals surface area contributed by atoms with Crippen molar-refractivity contribution in [2.24, 2.45) is 0 Å². The third-order valence-electron chi connectivity index (χ3n) is 5.02. The molecule has 1 N–H and O–H groups in total. The summed E-state index contributed by atoms with van der Waals surface area (Å²) in [6.45, 7) is 2.48. The van der Waals surface area contributed by atoms with Crippen LogP contribution in [0.15, 0.2) is 39.5 Å². The largest absolute Gasteiger partial charge is 0.780 e. The molecule has 1 aromatic heterocycles. The van der Waals surface area contributed by atoms with Crippen molar-refractivity contribution in [2.75, 3.05) is 20.8 Å². The zero-order chi connectivity index (χ0) is 24.9. The minimum atomic E-state index is -5.35. The minimum Gasteiger partial charge on any atom is -0.780 e. The molecule has 0 spiro atoms. The van der Waals surface area contributed by atoms with Crippen molar-refractivity contribution in [3.63, 3.8) is 0 Å². The van der Waals surface area contributed by atoms with E-state index in [2.05, 4.69) is 11.4 Å². The van der Waals surface area contributed by atoms with Gasteiger partial charge in [-0.05, 0) is 24.6 Å². The number of hydrogen-bond donors (Lipinski definition) is 1. The molecule has 34 heavy (non-hydrogen) atoms. The molecule has 0 aliphatic heterocycles. The quantitative estimate of drug-likeness (QED) is 0.312. The van der Waals surface area contributed by atoms with Gasteiger partial charge < -0.3 is 42.6 Å². The van der Waals surface area contributed by atoms with E-state index in [0.29, 0.717) is 12.4 Å². The number of unbranched alkanes of at least 4 members (excludes halogenated alkanes) is 3. The summed E-state index contributed by atoms with van der Waals surface area (Å²) in [5.74, 6) is -0.299. The van der Waals surface area contributed by atoms with Gasteiger partial charge in [-0.2, -0.15) is 0 Å². The first-order valence-electron chi connectivity index (χ1n) is 10.6. The van der Waals surface area contributed by atoms with E-state index >= 15 is 0 Å². The van der Waals surface area contributed by atoms with E-state index in [1.165, 1.54) is 32.4 Å². The smallest absolute Gasteiger partial charge is 0.204 e. The number of methoxy groups -OCH3 is 2. The molecule has 0 saturated carbocycles. The number of fused-ring (bicyclic) bond motifs is 1. The number of phosphoric ester groups is 1. The normalized spacial score (nSPS) is 11.4. The fourth-order valence-electron chi connectivity index (χ4n) is 3.44. The Hall–Kier alpha value is -3.20. The van der Waals surface area contributed by atoms with Gasteiger partial charge >= 0.3 is 0 Å². The highest BCUT2D eigenvalue weighted by atomic mass is 31.2. The first-order chi connectivity index (χ1) is 16.2. The van der Waals surface area contributed by atoms with E-state index in [4.69, 9.17) is 18.6 Å². The molecule has 0 amide bonds. The van der Waals surface area contributed by atoms with Gasteiger partial charge in [0.2, 0.25) is 5.75 Å². The first kappa shape index (κ1) is 25.4. The molecule has 1 heterocycles. The highest BCUT2D eigenvalue weighted by molar-refractivity contribution is 7.43. The molecule has 184 valence electrons. The summed E-state index contributed by atoms with van der Waals surface area (Å²) in [5, 5.41) is 10.2. The highest BCUT2D eigenvalue weighted by Crippen LogP contribution is 2.44. The monoisotopic (exact) mass is 492 g/mol. The third kappa shape index (κ3) is 5.83. The Labute approximate surface area is 195 Å².